The zero-order chi connectivity index (χ0) is 8.69. The minimum atomic E-state index is -0.893. The number of esters is 2. The van der Waals surface area contributed by atoms with Crippen molar-refractivity contribution in [3.63, 3.8) is 0 Å². The number of hydrogen-bond acceptors (Lipinski definition) is 6. The first-order chi connectivity index (χ1) is 5.20. The van der Waals surface area contributed by atoms with E-state index < -0.39 is 31.9 Å². The number of carbonyl (C=O) groups excluding carboxylic acids is 2. The molecule has 0 heterocycles. The van der Waals surface area contributed by atoms with Gasteiger partial charge in [-0.1, -0.05) is 0 Å². The molecule has 7 heteroatoms. The van der Waals surface area contributed by atoms with Crippen LogP contribution in [0.25, 0.3) is 0 Å². The van der Waals surface area contributed by atoms with Crippen molar-refractivity contribution in [1.29, 1.82) is 0 Å². The molecule has 2 N–H and O–H groups in total. The Hall–Kier alpha value is 0.496. The van der Waals surface area contributed by atoms with Crippen LogP contribution in [-0.4, -0.2) is 93.5 Å². The van der Waals surface area contributed by atoms with Gasteiger partial charge in [-0.25, -0.2) is 9.59 Å². The van der Waals surface area contributed by atoms with Crippen LogP contribution in [0.5, 0.6) is 0 Å². The summed E-state index contributed by atoms with van der Waals surface area (Å²) in [6.07, 6.45) is 0. The summed E-state index contributed by atoms with van der Waals surface area (Å²) in [6, 6.07) is 0. The van der Waals surface area contributed by atoms with E-state index >= 15 is 0 Å². The third-order valence-electron chi connectivity index (χ3n) is 0.698. The molecule has 0 fully saturated rings. The van der Waals surface area contributed by atoms with Gasteiger partial charge in [0.25, 0.3) is 0 Å². The van der Waals surface area contributed by atoms with Gasteiger partial charge in [-0.05, 0) is 0 Å². The van der Waals surface area contributed by atoms with E-state index in [-0.39, 0.29) is 51.4 Å². The van der Waals surface area contributed by atoms with E-state index in [1.807, 2.05) is 0 Å². The van der Waals surface area contributed by atoms with E-state index in [2.05, 4.69) is 9.47 Å². The Bertz CT molecular complexity index is 131. The molecule has 12 heavy (non-hydrogen) atoms. The Morgan fingerprint density at radius 3 is 1.58 bits per heavy atom. The van der Waals surface area contributed by atoms with Gasteiger partial charge in [-0.3, -0.25) is 0 Å². The van der Waals surface area contributed by atoms with Crippen LogP contribution < -0.4 is 0 Å². The summed E-state index contributed by atoms with van der Waals surface area (Å²) in [5.74, 6) is -1.79. The average Bonchev–Trinajstić information content (AvgIpc) is 2.04. The van der Waals surface area contributed by atoms with Crippen LogP contribution >= 0.6 is 0 Å². The summed E-state index contributed by atoms with van der Waals surface area (Å²) >= 11 is 0. The van der Waals surface area contributed by atoms with E-state index in [1.165, 1.54) is 0 Å². The molecule has 0 aliphatic heterocycles. The number of ether oxygens (including phenoxy) is 2. The second-order valence-corrected chi connectivity index (χ2v) is 1.47. The maximum absolute atomic E-state index is 10.2. The van der Waals surface area contributed by atoms with Crippen LogP contribution in [0.1, 0.15) is 0 Å². The summed E-state index contributed by atoms with van der Waals surface area (Å²) in [5.41, 5.74) is 0. The van der Waals surface area contributed by atoms with E-state index in [9.17, 15) is 9.59 Å². The summed E-state index contributed by atoms with van der Waals surface area (Å²) < 4.78 is 8.24. The van der Waals surface area contributed by atoms with Gasteiger partial charge >= 0.3 is 63.3 Å². The molecule has 0 spiro atoms. The van der Waals surface area contributed by atoms with Crippen molar-refractivity contribution in [3.8, 4) is 0 Å². The molecule has 0 aliphatic carbocycles. The predicted octanol–water partition coefficient (Wildman–Crippen LogP) is -2.63. The second-order valence-electron chi connectivity index (χ2n) is 1.47. The average molecular weight is 204 g/mol. The summed E-state index contributed by atoms with van der Waals surface area (Å²) in [6.45, 7) is -2.12. The molecular weight excluding hydrogens is 195 g/mol. The molecule has 0 unspecified atom stereocenters. The summed E-state index contributed by atoms with van der Waals surface area (Å²) in [4.78, 5) is 20.3. The van der Waals surface area contributed by atoms with Gasteiger partial charge in [0.2, 0.25) is 6.79 Å². The standard InChI is InChI=1S/C5H8O6.K.H/c6-1-4(8)10-3-11-5(9)2-7;;/h6-7H,1-3H2;;. The van der Waals surface area contributed by atoms with Crippen LogP contribution in [0.2, 0.25) is 0 Å². The van der Waals surface area contributed by atoms with Crippen molar-refractivity contribution < 1.29 is 29.3 Å². The number of aliphatic hydroxyl groups is 2. The fourth-order valence-corrected chi connectivity index (χ4v) is 0.252. The Labute approximate surface area is 111 Å². The maximum atomic E-state index is 10.2. The third kappa shape index (κ3) is 8.59. The van der Waals surface area contributed by atoms with E-state index in [0.29, 0.717) is 0 Å². The minimum absolute atomic E-state index is 0. The molecule has 66 valence electrons. The van der Waals surface area contributed by atoms with Gasteiger partial charge in [0, 0.05) is 0 Å². The predicted molar refractivity (Wildman–Crippen MR) is 38.4 cm³/mol. The number of hydrogen-bond donors (Lipinski definition) is 2. The van der Waals surface area contributed by atoms with Gasteiger partial charge in [0.05, 0.1) is 0 Å². The topological polar surface area (TPSA) is 93.1 Å². The van der Waals surface area contributed by atoms with Crippen LogP contribution in [0, 0.1) is 0 Å². The Morgan fingerprint density at radius 2 is 1.33 bits per heavy atom. The quantitative estimate of drug-likeness (QED) is 0.295. The van der Waals surface area contributed by atoms with Gasteiger partial charge in [-0.2, -0.15) is 0 Å². The zero-order valence-electron chi connectivity index (χ0n) is 5.65. The number of aliphatic hydroxyl groups excluding tert-OH is 2. The van der Waals surface area contributed by atoms with Crippen molar-refractivity contribution in [2.75, 3.05) is 20.0 Å². The molecule has 0 saturated carbocycles. The van der Waals surface area contributed by atoms with Gasteiger partial charge in [0.15, 0.2) is 0 Å². The molecule has 0 bridgehead atoms. The van der Waals surface area contributed by atoms with Crippen LogP contribution in [0.15, 0.2) is 0 Å². The first kappa shape index (κ1) is 15.0. The van der Waals surface area contributed by atoms with Gasteiger partial charge < -0.3 is 19.7 Å². The van der Waals surface area contributed by atoms with E-state index in [1.54, 1.807) is 0 Å². The van der Waals surface area contributed by atoms with Crippen LogP contribution in [0.4, 0.5) is 0 Å². The Balaban J connectivity index is 0. The van der Waals surface area contributed by atoms with Crippen molar-refractivity contribution in [1.82, 2.24) is 0 Å². The molecule has 6 nitrogen and oxygen atoms in total. The first-order valence-corrected chi connectivity index (χ1v) is 2.73. The van der Waals surface area contributed by atoms with Crippen molar-refractivity contribution in [3.05, 3.63) is 0 Å². The van der Waals surface area contributed by atoms with Crippen LogP contribution in [-0.2, 0) is 19.1 Å². The summed E-state index contributed by atoms with van der Waals surface area (Å²) in [5, 5.41) is 16.2. The molecular formula is C5H9KO6. The molecule has 0 atom stereocenters. The fourth-order valence-electron chi connectivity index (χ4n) is 0.252. The van der Waals surface area contributed by atoms with Crippen molar-refractivity contribution >= 4 is 63.3 Å². The first-order valence-electron chi connectivity index (χ1n) is 2.73. The van der Waals surface area contributed by atoms with Gasteiger partial charge in [-0.15, -0.1) is 0 Å². The number of rotatable bonds is 4. The van der Waals surface area contributed by atoms with Crippen LogP contribution in [0.3, 0.4) is 0 Å². The molecule has 0 aromatic heterocycles. The zero-order valence-corrected chi connectivity index (χ0v) is 5.65. The van der Waals surface area contributed by atoms with Crippen molar-refractivity contribution in [2.45, 2.75) is 0 Å². The molecule has 0 aromatic carbocycles. The molecule has 0 saturated heterocycles. The van der Waals surface area contributed by atoms with E-state index in [0.717, 1.165) is 0 Å². The molecule has 0 radical (unpaired) electrons. The molecule has 0 aliphatic rings. The Morgan fingerprint density at radius 1 is 1.00 bits per heavy atom. The third-order valence-corrected chi connectivity index (χ3v) is 0.698. The summed E-state index contributed by atoms with van der Waals surface area (Å²) in [7, 11) is 0. The molecule has 0 aromatic rings. The monoisotopic (exact) mass is 204 g/mol. The fraction of sp³-hybridized carbons (Fsp3) is 0.600. The SMILES string of the molecule is O=C(CO)OCOC(=O)CO.[KH]. The molecule has 0 amide bonds. The number of carbonyl (C=O) groups is 2. The Kier molecular flexibility index (Phi) is 12.0. The normalized spacial score (nSPS) is 8.17. The van der Waals surface area contributed by atoms with E-state index in [4.69, 9.17) is 10.2 Å². The molecule has 0 rings (SSSR count). The van der Waals surface area contributed by atoms with Gasteiger partial charge in [0.1, 0.15) is 13.2 Å². The second kappa shape index (κ2) is 9.58. The van der Waals surface area contributed by atoms with Crippen molar-refractivity contribution in [2.24, 2.45) is 0 Å².